The molecule has 0 atom stereocenters. The molecule has 0 bridgehead atoms. The molecule has 0 amide bonds. The molecule has 6 nitrogen and oxygen atoms in total. The second-order valence-electron chi connectivity index (χ2n) is 7.69. The summed E-state index contributed by atoms with van der Waals surface area (Å²) in [6.07, 6.45) is 5.76. The lowest BCUT2D eigenvalue weighted by atomic mass is 10.1. The van der Waals surface area contributed by atoms with Gasteiger partial charge in [0.1, 0.15) is 0 Å². The van der Waals surface area contributed by atoms with Gasteiger partial charge in [0.15, 0.2) is 37.4 Å². The predicted octanol–water partition coefficient (Wildman–Crippen LogP) is 1.61. The van der Waals surface area contributed by atoms with Gasteiger partial charge in [-0.25, -0.2) is 0 Å². The highest BCUT2D eigenvalue weighted by Gasteiger charge is 2.11. The third-order valence-electron chi connectivity index (χ3n) is 5.30. The molecule has 0 radical (unpaired) electrons. The van der Waals surface area contributed by atoms with Gasteiger partial charge in [0.25, 0.3) is 0 Å². The van der Waals surface area contributed by atoms with Crippen LogP contribution in [0.5, 0.6) is 0 Å². The van der Waals surface area contributed by atoms with Gasteiger partial charge in [-0.15, -0.1) is 0 Å². The average Bonchev–Trinajstić information content (AvgIpc) is 2.80. The Morgan fingerprint density at radius 2 is 0.781 bits per heavy atom. The molecule has 0 saturated carbocycles. The van der Waals surface area contributed by atoms with Gasteiger partial charge in [-0.2, -0.15) is 9.13 Å². The van der Waals surface area contributed by atoms with Crippen molar-refractivity contribution in [3.8, 4) is 22.5 Å². The van der Waals surface area contributed by atoms with Crippen molar-refractivity contribution in [2.75, 3.05) is 0 Å². The minimum atomic E-state index is -1.34. The summed E-state index contributed by atoms with van der Waals surface area (Å²) in [6, 6.07) is 23.6. The lowest BCUT2D eigenvalue weighted by molar-refractivity contribution is -0.596. The predicted molar refractivity (Wildman–Crippen MR) is 119 cm³/mol. The molecule has 4 N–H and O–H groups in total. The molecule has 0 aliphatic rings. The Kier molecular flexibility index (Phi) is 6.68. The van der Waals surface area contributed by atoms with E-state index in [0.29, 0.717) is 0 Å². The van der Waals surface area contributed by atoms with Crippen LogP contribution in [0, 0.1) is 0 Å². The van der Waals surface area contributed by atoms with Crippen molar-refractivity contribution in [3.63, 3.8) is 0 Å². The summed E-state index contributed by atoms with van der Waals surface area (Å²) >= 11 is 0. The van der Waals surface area contributed by atoms with Crippen LogP contribution in [0.4, 0.5) is 0 Å². The topological polar surface area (TPSA) is 88.7 Å². The third kappa shape index (κ3) is 5.43. The third-order valence-corrected chi connectivity index (χ3v) is 5.30. The van der Waals surface area contributed by atoms with Crippen LogP contribution in [-0.4, -0.2) is 33.0 Å². The van der Waals surface area contributed by atoms with Crippen molar-refractivity contribution in [2.45, 2.75) is 25.4 Å². The summed E-state index contributed by atoms with van der Waals surface area (Å²) in [4.78, 5) is 0. The number of rotatable bonds is 7. The van der Waals surface area contributed by atoms with Gasteiger partial charge in [-0.1, -0.05) is 24.3 Å². The number of aromatic nitrogens is 2. The molecule has 0 saturated heterocycles. The van der Waals surface area contributed by atoms with Crippen molar-refractivity contribution < 1.29 is 29.6 Å². The first-order chi connectivity index (χ1) is 15.5. The van der Waals surface area contributed by atoms with Crippen molar-refractivity contribution in [1.82, 2.24) is 0 Å². The molecule has 6 heteroatoms. The van der Waals surface area contributed by atoms with E-state index in [1.807, 2.05) is 82.5 Å². The second kappa shape index (κ2) is 9.80. The van der Waals surface area contributed by atoms with E-state index in [1.54, 1.807) is 0 Å². The average molecular weight is 431 g/mol. The van der Waals surface area contributed by atoms with Crippen molar-refractivity contribution >= 4 is 0 Å². The Balaban J connectivity index is 1.46. The first-order valence-corrected chi connectivity index (χ1v) is 10.4. The number of pyridine rings is 2. The number of hydrogen-bond donors (Lipinski definition) is 4. The zero-order valence-electron chi connectivity index (χ0n) is 17.5. The molecule has 0 unspecified atom stereocenters. The number of nitrogens with zero attached hydrogens (tertiary/aromatic N) is 2. The summed E-state index contributed by atoms with van der Waals surface area (Å²) in [6.45, 7) is 0. The first-order valence-electron chi connectivity index (χ1n) is 10.4. The van der Waals surface area contributed by atoms with Crippen LogP contribution >= 0.6 is 0 Å². The van der Waals surface area contributed by atoms with E-state index in [4.69, 9.17) is 20.4 Å². The quantitative estimate of drug-likeness (QED) is 0.265. The van der Waals surface area contributed by atoms with Crippen LogP contribution in [0.2, 0.25) is 0 Å². The normalized spacial score (nSPS) is 11.3. The largest absolute Gasteiger partial charge is 0.368 e. The number of benzene rings is 2. The van der Waals surface area contributed by atoms with Gasteiger partial charge in [-0.3, -0.25) is 0 Å². The Bertz CT molecular complexity index is 1040. The molecule has 0 aliphatic heterocycles. The highest BCUT2D eigenvalue weighted by Crippen LogP contribution is 2.17. The van der Waals surface area contributed by atoms with Crippen LogP contribution in [-0.2, 0) is 12.8 Å². The first kappa shape index (κ1) is 21.8. The molecular weight excluding hydrogens is 404 g/mol. The number of aliphatic hydroxyl groups is 4. The molecule has 32 heavy (non-hydrogen) atoms. The van der Waals surface area contributed by atoms with E-state index in [-0.39, 0.29) is 12.8 Å². The van der Waals surface area contributed by atoms with Gasteiger partial charge in [-0.05, 0) is 22.3 Å². The zero-order chi connectivity index (χ0) is 22.5. The van der Waals surface area contributed by atoms with E-state index in [9.17, 15) is 0 Å². The highest BCUT2D eigenvalue weighted by atomic mass is 16.5. The highest BCUT2D eigenvalue weighted by molar-refractivity contribution is 5.61. The van der Waals surface area contributed by atoms with Crippen molar-refractivity contribution in [1.29, 1.82) is 0 Å². The molecule has 2 aromatic heterocycles. The maximum absolute atomic E-state index is 9.08. The van der Waals surface area contributed by atoms with Crippen LogP contribution < -0.4 is 9.13 Å². The SMILES string of the molecule is OC(O)Cc1ccc(-[n+]2ccc(-c3cc[n+](-c4ccc(CC(O)O)cc4)cc3)cc2)cc1. The van der Waals surface area contributed by atoms with Crippen molar-refractivity contribution in [3.05, 3.63) is 109 Å². The summed E-state index contributed by atoms with van der Waals surface area (Å²) < 4.78 is 4.02. The van der Waals surface area contributed by atoms with Crippen molar-refractivity contribution in [2.24, 2.45) is 0 Å². The van der Waals surface area contributed by atoms with Crippen LogP contribution in [0.25, 0.3) is 22.5 Å². The van der Waals surface area contributed by atoms with E-state index in [1.165, 1.54) is 0 Å². The van der Waals surface area contributed by atoms with Gasteiger partial charge in [0.2, 0.25) is 11.4 Å². The molecule has 2 aromatic carbocycles. The van der Waals surface area contributed by atoms with E-state index in [2.05, 4.69) is 24.3 Å². The Hall–Kier alpha value is -3.42. The monoisotopic (exact) mass is 430 g/mol. The summed E-state index contributed by atoms with van der Waals surface area (Å²) in [5.74, 6) is 0. The Labute approximate surface area is 186 Å². The lowest BCUT2D eigenvalue weighted by Crippen LogP contribution is -2.29. The molecule has 4 rings (SSSR count). The van der Waals surface area contributed by atoms with Crippen LogP contribution in [0.15, 0.2) is 97.6 Å². The molecule has 0 spiro atoms. The molecule has 4 aromatic rings. The minimum absolute atomic E-state index is 0.216. The summed E-state index contributed by atoms with van der Waals surface area (Å²) in [5, 5.41) is 36.3. The molecule has 0 fully saturated rings. The number of hydrogen-bond acceptors (Lipinski definition) is 4. The fraction of sp³-hybridized carbons (Fsp3) is 0.154. The van der Waals surface area contributed by atoms with Gasteiger partial charge >= 0.3 is 0 Å². The van der Waals surface area contributed by atoms with Gasteiger partial charge in [0, 0.05) is 61.4 Å². The fourth-order valence-electron chi connectivity index (χ4n) is 3.61. The maximum atomic E-state index is 9.08. The molecular formula is C26H26N2O4+2. The standard InChI is InChI=1S/C26H26N2O4/c29-25(30)17-19-1-5-23(6-2-19)27-13-9-21(10-14-27)22-11-15-28(16-12-22)24-7-3-20(4-8-24)18-26(31)32/h1-16,25-26,29-32H,17-18H2/q+2. The summed E-state index contributed by atoms with van der Waals surface area (Å²) in [5.41, 5.74) is 5.94. The van der Waals surface area contributed by atoms with E-state index >= 15 is 0 Å². The van der Waals surface area contributed by atoms with Crippen LogP contribution in [0.1, 0.15) is 11.1 Å². The Morgan fingerprint density at radius 3 is 1.06 bits per heavy atom. The van der Waals surface area contributed by atoms with Gasteiger partial charge in [0.05, 0.1) is 0 Å². The minimum Gasteiger partial charge on any atom is -0.368 e. The maximum Gasteiger partial charge on any atom is 0.210 e. The van der Waals surface area contributed by atoms with E-state index in [0.717, 1.165) is 33.6 Å². The smallest absolute Gasteiger partial charge is 0.210 e. The molecule has 162 valence electrons. The lowest BCUT2D eigenvalue weighted by Gasteiger charge is -2.04. The number of aliphatic hydroxyl groups excluding tert-OH is 2. The summed E-state index contributed by atoms with van der Waals surface area (Å²) in [7, 11) is 0. The fourth-order valence-corrected chi connectivity index (χ4v) is 3.61. The Morgan fingerprint density at radius 1 is 0.469 bits per heavy atom. The molecule has 0 aliphatic carbocycles. The van der Waals surface area contributed by atoms with Crippen LogP contribution in [0.3, 0.4) is 0 Å². The molecule has 2 heterocycles. The van der Waals surface area contributed by atoms with E-state index < -0.39 is 12.6 Å². The second-order valence-corrected chi connectivity index (χ2v) is 7.69. The van der Waals surface area contributed by atoms with Gasteiger partial charge < -0.3 is 20.4 Å². The zero-order valence-corrected chi connectivity index (χ0v) is 17.5.